The van der Waals surface area contributed by atoms with Crippen LogP contribution in [0.5, 0.6) is 5.75 Å². The summed E-state index contributed by atoms with van der Waals surface area (Å²) < 4.78 is 5.50. The quantitative estimate of drug-likeness (QED) is 0.791. The van der Waals surface area contributed by atoms with Gasteiger partial charge < -0.3 is 16.2 Å². The standard InChI is InChI=1S/C15H16N2O/c16-13-3-1-2-11(9-13)15(17)12-4-5-14-10(8-12)6-7-18-14/h1-5,8-9,15H,6-7,16-17H2. The zero-order valence-electron chi connectivity index (χ0n) is 10.1. The third-order valence-electron chi connectivity index (χ3n) is 3.34. The third-order valence-corrected chi connectivity index (χ3v) is 3.34. The van der Waals surface area contributed by atoms with Crippen LogP contribution in [-0.4, -0.2) is 6.61 Å². The van der Waals surface area contributed by atoms with Gasteiger partial charge in [-0.25, -0.2) is 0 Å². The summed E-state index contributed by atoms with van der Waals surface area (Å²) in [4.78, 5) is 0. The zero-order chi connectivity index (χ0) is 12.5. The van der Waals surface area contributed by atoms with E-state index in [2.05, 4.69) is 6.07 Å². The highest BCUT2D eigenvalue weighted by molar-refractivity contribution is 5.46. The number of hydrogen-bond acceptors (Lipinski definition) is 3. The summed E-state index contributed by atoms with van der Waals surface area (Å²) >= 11 is 0. The second kappa shape index (κ2) is 4.35. The fourth-order valence-corrected chi connectivity index (χ4v) is 2.34. The Bertz CT molecular complexity index is 580. The largest absolute Gasteiger partial charge is 0.493 e. The average Bonchev–Trinajstić information content (AvgIpc) is 2.85. The summed E-state index contributed by atoms with van der Waals surface area (Å²) in [6.45, 7) is 0.770. The number of rotatable bonds is 2. The lowest BCUT2D eigenvalue weighted by atomic mass is 9.97. The van der Waals surface area contributed by atoms with Crippen molar-refractivity contribution in [3.05, 3.63) is 59.2 Å². The lowest BCUT2D eigenvalue weighted by Gasteiger charge is -2.14. The van der Waals surface area contributed by atoms with Crippen molar-refractivity contribution >= 4 is 5.69 Å². The summed E-state index contributed by atoms with van der Waals surface area (Å²) in [7, 11) is 0. The molecule has 18 heavy (non-hydrogen) atoms. The van der Waals surface area contributed by atoms with Gasteiger partial charge in [0.05, 0.1) is 12.6 Å². The van der Waals surface area contributed by atoms with Crippen molar-refractivity contribution in [3.8, 4) is 5.75 Å². The van der Waals surface area contributed by atoms with Gasteiger partial charge in [-0.1, -0.05) is 24.3 Å². The molecule has 0 saturated carbocycles. The highest BCUT2D eigenvalue weighted by Gasteiger charge is 2.15. The van der Waals surface area contributed by atoms with Crippen LogP contribution >= 0.6 is 0 Å². The van der Waals surface area contributed by atoms with E-state index in [1.165, 1.54) is 5.56 Å². The summed E-state index contributed by atoms with van der Waals surface area (Å²) in [6, 6.07) is 13.8. The van der Waals surface area contributed by atoms with E-state index in [0.29, 0.717) is 0 Å². The summed E-state index contributed by atoms with van der Waals surface area (Å²) in [5.41, 5.74) is 16.2. The molecule has 1 unspecified atom stereocenters. The Morgan fingerprint density at radius 2 is 1.89 bits per heavy atom. The lowest BCUT2D eigenvalue weighted by molar-refractivity contribution is 0.357. The van der Waals surface area contributed by atoms with Crippen LogP contribution in [0.25, 0.3) is 0 Å². The molecule has 0 amide bonds. The van der Waals surface area contributed by atoms with Crippen LogP contribution in [-0.2, 0) is 6.42 Å². The molecule has 3 heteroatoms. The van der Waals surface area contributed by atoms with E-state index < -0.39 is 0 Å². The van der Waals surface area contributed by atoms with E-state index in [4.69, 9.17) is 16.2 Å². The van der Waals surface area contributed by atoms with E-state index in [1.807, 2.05) is 36.4 Å². The maximum Gasteiger partial charge on any atom is 0.122 e. The van der Waals surface area contributed by atoms with Gasteiger partial charge >= 0.3 is 0 Å². The van der Waals surface area contributed by atoms with E-state index >= 15 is 0 Å². The SMILES string of the molecule is Nc1cccc(C(N)c2ccc3c(c2)CCO3)c1. The van der Waals surface area contributed by atoms with Gasteiger partial charge in [-0.3, -0.25) is 0 Å². The van der Waals surface area contributed by atoms with Crippen molar-refractivity contribution < 1.29 is 4.74 Å². The molecule has 0 radical (unpaired) electrons. The van der Waals surface area contributed by atoms with Crippen LogP contribution in [0.3, 0.4) is 0 Å². The minimum atomic E-state index is -0.139. The Kier molecular flexibility index (Phi) is 2.68. The number of hydrogen-bond donors (Lipinski definition) is 2. The van der Waals surface area contributed by atoms with Crippen LogP contribution in [0.2, 0.25) is 0 Å². The molecule has 1 atom stereocenters. The minimum absolute atomic E-state index is 0.139. The Labute approximate surface area is 106 Å². The number of nitrogens with two attached hydrogens (primary N) is 2. The van der Waals surface area contributed by atoms with Crippen LogP contribution in [0, 0.1) is 0 Å². The molecule has 0 aromatic heterocycles. The highest BCUT2D eigenvalue weighted by Crippen LogP contribution is 2.29. The van der Waals surface area contributed by atoms with E-state index in [9.17, 15) is 0 Å². The Hall–Kier alpha value is -2.00. The molecule has 2 aromatic rings. The van der Waals surface area contributed by atoms with Gasteiger partial charge in [0.15, 0.2) is 0 Å². The smallest absolute Gasteiger partial charge is 0.122 e. The number of benzene rings is 2. The Balaban J connectivity index is 1.95. The van der Waals surface area contributed by atoms with E-state index in [1.54, 1.807) is 0 Å². The fraction of sp³-hybridized carbons (Fsp3) is 0.200. The Morgan fingerprint density at radius 1 is 1.06 bits per heavy atom. The molecule has 3 nitrogen and oxygen atoms in total. The maximum atomic E-state index is 6.28. The molecule has 2 aromatic carbocycles. The first kappa shape index (κ1) is 11.1. The van der Waals surface area contributed by atoms with Crippen molar-refractivity contribution in [1.82, 2.24) is 0 Å². The van der Waals surface area contributed by atoms with Gasteiger partial charge in [-0.05, 0) is 34.9 Å². The predicted molar refractivity (Wildman–Crippen MR) is 72.5 cm³/mol. The van der Waals surface area contributed by atoms with Gasteiger partial charge in [0.1, 0.15) is 5.75 Å². The van der Waals surface area contributed by atoms with Gasteiger partial charge in [-0.15, -0.1) is 0 Å². The van der Waals surface area contributed by atoms with Crippen molar-refractivity contribution in [2.45, 2.75) is 12.5 Å². The second-order valence-corrected chi connectivity index (χ2v) is 4.61. The zero-order valence-corrected chi connectivity index (χ0v) is 10.1. The molecule has 0 bridgehead atoms. The van der Waals surface area contributed by atoms with E-state index in [0.717, 1.165) is 35.6 Å². The Morgan fingerprint density at radius 3 is 2.72 bits per heavy atom. The molecule has 0 spiro atoms. The molecule has 1 aliphatic rings. The molecule has 0 aliphatic carbocycles. The molecule has 4 N–H and O–H groups in total. The van der Waals surface area contributed by atoms with Gasteiger partial charge in [0.2, 0.25) is 0 Å². The minimum Gasteiger partial charge on any atom is -0.493 e. The van der Waals surface area contributed by atoms with Crippen LogP contribution in [0.4, 0.5) is 5.69 Å². The molecular formula is C15H16N2O. The molecule has 3 rings (SSSR count). The molecule has 92 valence electrons. The summed E-state index contributed by atoms with van der Waals surface area (Å²) in [5, 5.41) is 0. The van der Waals surface area contributed by atoms with Gasteiger partial charge in [-0.2, -0.15) is 0 Å². The first-order valence-corrected chi connectivity index (χ1v) is 6.11. The van der Waals surface area contributed by atoms with Crippen LogP contribution in [0.15, 0.2) is 42.5 Å². The van der Waals surface area contributed by atoms with Crippen LogP contribution < -0.4 is 16.2 Å². The fourth-order valence-electron chi connectivity index (χ4n) is 2.34. The summed E-state index contributed by atoms with van der Waals surface area (Å²) in [6.07, 6.45) is 0.965. The van der Waals surface area contributed by atoms with Crippen molar-refractivity contribution in [2.75, 3.05) is 12.3 Å². The molecule has 0 fully saturated rings. The number of anilines is 1. The second-order valence-electron chi connectivity index (χ2n) is 4.61. The lowest BCUT2D eigenvalue weighted by Crippen LogP contribution is -2.12. The number of fused-ring (bicyclic) bond motifs is 1. The van der Waals surface area contributed by atoms with Gasteiger partial charge in [0, 0.05) is 12.1 Å². The van der Waals surface area contributed by atoms with Crippen molar-refractivity contribution in [2.24, 2.45) is 5.73 Å². The average molecular weight is 240 g/mol. The number of nitrogen functional groups attached to an aromatic ring is 1. The topological polar surface area (TPSA) is 61.3 Å². The maximum absolute atomic E-state index is 6.28. The van der Waals surface area contributed by atoms with Crippen molar-refractivity contribution in [1.29, 1.82) is 0 Å². The normalized spacial score (nSPS) is 14.9. The monoisotopic (exact) mass is 240 g/mol. The van der Waals surface area contributed by atoms with Crippen LogP contribution in [0.1, 0.15) is 22.7 Å². The molecule has 1 heterocycles. The molecule has 0 saturated heterocycles. The predicted octanol–water partition coefficient (Wildman–Crippen LogP) is 2.25. The van der Waals surface area contributed by atoms with E-state index in [-0.39, 0.29) is 6.04 Å². The summed E-state index contributed by atoms with van der Waals surface area (Å²) in [5.74, 6) is 0.985. The highest BCUT2D eigenvalue weighted by atomic mass is 16.5. The van der Waals surface area contributed by atoms with Gasteiger partial charge in [0.25, 0.3) is 0 Å². The first-order chi connectivity index (χ1) is 8.74. The third kappa shape index (κ3) is 1.93. The first-order valence-electron chi connectivity index (χ1n) is 6.11. The molecule has 1 aliphatic heterocycles. The number of ether oxygens (including phenoxy) is 1. The molecular weight excluding hydrogens is 224 g/mol. The van der Waals surface area contributed by atoms with Crippen molar-refractivity contribution in [3.63, 3.8) is 0 Å².